The van der Waals surface area contributed by atoms with Crippen LogP contribution in [0, 0.1) is 0 Å². The zero-order chi connectivity index (χ0) is 11.4. The summed E-state index contributed by atoms with van der Waals surface area (Å²) in [4.78, 5) is 8.65. The Bertz CT molecular complexity index is 388. The van der Waals surface area contributed by atoms with Gasteiger partial charge in [0.15, 0.2) is 0 Å². The summed E-state index contributed by atoms with van der Waals surface area (Å²) in [6, 6.07) is 1.70. The predicted molar refractivity (Wildman–Crippen MR) is 62.1 cm³/mol. The quantitative estimate of drug-likeness (QED) is 0.448. The third-order valence-corrected chi connectivity index (χ3v) is 2.37. The SMILES string of the molecule is C/C=C/COc1cc(NN)nc(C2CC2)n1. The normalized spacial score (nSPS) is 15.4. The zero-order valence-electron chi connectivity index (χ0n) is 9.31. The van der Waals surface area contributed by atoms with Gasteiger partial charge in [-0.3, -0.25) is 0 Å². The first-order valence-corrected chi connectivity index (χ1v) is 5.43. The second-order valence-corrected chi connectivity index (χ2v) is 3.75. The summed E-state index contributed by atoms with van der Waals surface area (Å²) in [6.45, 7) is 2.47. The highest BCUT2D eigenvalue weighted by atomic mass is 16.5. The average Bonchev–Trinajstić information content (AvgIpc) is 3.13. The summed E-state index contributed by atoms with van der Waals surface area (Å²) in [5.74, 6) is 7.84. The maximum absolute atomic E-state index is 5.47. The first-order valence-electron chi connectivity index (χ1n) is 5.43. The van der Waals surface area contributed by atoms with Crippen LogP contribution in [0.4, 0.5) is 5.82 Å². The molecule has 1 aromatic rings. The topological polar surface area (TPSA) is 73.1 Å². The molecule has 0 aromatic carbocycles. The highest BCUT2D eigenvalue weighted by Crippen LogP contribution is 2.38. The monoisotopic (exact) mass is 220 g/mol. The number of nitrogens with one attached hydrogen (secondary N) is 1. The number of hydrogen-bond acceptors (Lipinski definition) is 5. The number of rotatable bonds is 5. The molecule has 0 amide bonds. The molecule has 3 N–H and O–H groups in total. The van der Waals surface area contributed by atoms with Crippen molar-refractivity contribution in [2.24, 2.45) is 5.84 Å². The number of hydrogen-bond donors (Lipinski definition) is 2. The van der Waals surface area contributed by atoms with Crippen molar-refractivity contribution in [2.45, 2.75) is 25.7 Å². The van der Waals surface area contributed by atoms with E-state index in [1.54, 1.807) is 6.07 Å². The molecular weight excluding hydrogens is 204 g/mol. The molecule has 0 spiro atoms. The minimum atomic E-state index is 0.484. The van der Waals surface area contributed by atoms with E-state index in [0.29, 0.717) is 24.2 Å². The molecule has 0 bridgehead atoms. The van der Waals surface area contributed by atoms with Gasteiger partial charge in [-0.1, -0.05) is 12.2 Å². The number of hydrazine groups is 1. The third kappa shape index (κ3) is 2.70. The molecule has 1 saturated carbocycles. The summed E-state index contributed by atoms with van der Waals surface area (Å²) in [6.07, 6.45) is 6.17. The Hall–Kier alpha value is -1.62. The molecule has 5 heteroatoms. The van der Waals surface area contributed by atoms with Gasteiger partial charge in [-0.05, 0) is 19.8 Å². The molecule has 0 saturated heterocycles. The fourth-order valence-electron chi connectivity index (χ4n) is 1.34. The molecule has 1 heterocycles. The van der Waals surface area contributed by atoms with Gasteiger partial charge in [0.2, 0.25) is 5.88 Å². The van der Waals surface area contributed by atoms with E-state index in [2.05, 4.69) is 15.4 Å². The van der Waals surface area contributed by atoms with Crippen LogP contribution in [0.3, 0.4) is 0 Å². The van der Waals surface area contributed by atoms with Crippen molar-refractivity contribution < 1.29 is 4.74 Å². The van der Waals surface area contributed by atoms with Crippen molar-refractivity contribution in [3.63, 3.8) is 0 Å². The highest BCUT2D eigenvalue weighted by molar-refractivity contribution is 5.38. The van der Waals surface area contributed by atoms with Crippen LogP contribution in [0.5, 0.6) is 5.88 Å². The Labute approximate surface area is 94.7 Å². The fourth-order valence-corrected chi connectivity index (χ4v) is 1.34. The van der Waals surface area contributed by atoms with E-state index in [1.807, 2.05) is 19.1 Å². The standard InChI is InChI=1S/C11H16N4O/c1-2-3-6-16-10-7-9(15-12)13-11(14-10)8-4-5-8/h2-3,7-8H,4-6,12H2,1H3,(H,13,14,15)/b3-2+. The van der Waals surface area contributed by atoms with E-state index in [9.17, 15) is 0 Å². The Morgan fingerprint density at radius 1 is 1.56 bits per heavy atom. The lowest BCUT2D eigenvalue weighted by atomic mass is 10.4. The molecule has 1 aliphatic carbocycles. The maximum atomic E-state index is 5.47. The van der Waals surface area contributed by atoms with Crippen LogP contribution in [0.1, 0.15) is 31.5 Å². The van der Waals surface area contributed by atoms with Crippen molar-refractivity contribution in [2.75, 3.05) is 12.0 Å². The van der Waals surface area contributed by atoms with Gasteiger partial charge >= 0.3 is 0 Å². The summed E-state index contributed by atoms with van der Waals surface area (Å²) in [5, 5.41) is 0. The van der Waals surface area contributed by atoms with Gasteiger partial charge in [-0.15, -0.1) is 0 Å². The number of aromatic nitrogens is 2. The lowest BCUT2D eigenvalue weighted by Crippen LogP contribution is -2.11. The molecular formula is C11H16N4O. The summed E-state index contributed by atoms with van der Waals surface area (Å²) < 4.78 is 5.47. The van der Waals surface area contributed by atoms with Gasteiger partial charge in [0.25, 0.3) is 0 Å². The molecule has 86 valence electrons. The van der Waals surface area contributed by atoms with Gasteiger partial charge in [-0.25, -0.2) is 10.8 Å². The highest BCUT2D eigenvalue weighted by Gasteiger charge is 2.27. The number of anilines is 1. The van der Waals surface area contributed by atoms with Crippen molar-refractivity contribution in [1.29, 1.82) is 0 Å². The molecule has 1 fully saturated rings. The van der Waals surface area contributed by atoms with Crippen LogP contribution in [0.15, 0.2) is 18.2 Å². The van der Waals surface area contributed by atoms with E-state index in [1.165, 1.54) is 0 Å². The number of nitrogens with zero attached hydrogens (tertiary/aromatic N) is 2. The number of nitrogens with two attached hydrogens (primary N) is 1. The maximum Gasteiger partial charge on any atom is 0.219 e. The van der Waals surface area contributed by atoms with Crippen molar-refractivity contribution >= 4 is 5.82 Å². The molecule has 5 nitrogen and oxygen atoms in total. The largest absolute Gasteiger partial charge is 0.473 e. The van der Waals surface area contributed by atoms with E-state index >= 15 is 0 Å². The fraction of sp³-hybridized carbons (Fsp3) is 0.455. The third-order valence-electron chi connectivity index (χ3n) is 2.37. The van der Waals surface area contributed by atoms with Gasteiger partial charge in [0.1, 0.15) is 18.2 Å². The molecule has 1 aromatic heterocycles. The summed E-state index contributed by atoms with van der Waals surface area (Å²) in [7, 11) is 0. The second-order valence-electron chi connectivity index (χ2n) is 3.75. The molecule has 16 heavy (non-hydrogen) atoms. The van der Waals surface area contributed by atoms with Crippen LogP contribution in [-0.2, 0) is 0 Å². The molecule has 0 unspecified atom stereocenters. The minimum absolute atomic E-state index is 0.484. The Balaban J connectivity index is 2.12. The summed E-state index contributed by atoms with van der Waals surface area (Å²) >= 11 is 0. The second kappa shape index (κ2) is 4.94. The van der Waals surface area contributed by atoms with Gasteiger partial charge < -0.3 is 10.2 Å². The summed E-state index contributed by atoms with van der Waals surface area (Å²) in [5.41, 5.74) is 2.53. The van der Waals surface area contributed by atoms with Crippen LogP contribution in [0.2, 0.25) is 0 Å². The van der Waals surface area contributed by atoms with Crippen molar-refractivity contribution in [3.05, 3.63) is 24.0 Å². The Kier molecular flexibility index (Phi) is 3.36. The first-order chi connectivity index (χ1) is 7.83. The lowest BCUT2D eigenvalue weighted by Gasteiger charge is -2.07. The van der Waals surface area contributed by atoms with Gasteiger partial charge in [0.05, 0.1) is 0 Å². The minimum Gasteiger partial charge on any atom is -0.473 e. The smallest absolute Gasteiger partial charge is 0.219 e. The molecule has 0 aliphatic heterocycles. The lowest BCUT2D eigenvalue weighted by molar-refractivity contribution is 0.346. The molecule has 0 atom stereocenters. The van der Waals surface area contributed by atoms with E-state index in [4.69, 9.17) is 10.6 Å². The Morgan fingerprint density at radius 3 is 3.00 bits per heavy atom. The molecule has 1 aliphatic rings. The van der Waals surface area contributed by atoms with Crippen LogP contribution < -0.4 is 16.0 Å². The molecule has 2 rings (SSSR count). The van der Waals surface area contributed by atoms with Gasteiger partial charge in [-0.2, -0.15) is 4.98 Å². The van der Waals surface area contributed by atoms with E-state index in [-0.39, 0.29) is 0 Å². The van der Waals surface area contributed by atoms with Crippen molar-refractivity contribution in [3.8, 4) is 5.88 Å². The predicted octanol–water partition coefficient (Wildman–Crippen LogP) is 1.59. The van der Waals surface area contributed by atoms with Crippen LogP contribution in [0.25, 0.3) is 0 Å². The Morgan fingerprint density at radius 2 is 2.38 bits per heavy atom. The number of allylic oxidation sites excluding steroid dienone is 1. The average molecular weight is 220 g/mol. The van der Waals surface area contributed by atoms with E-state index in [0.717, 1.165) is 18.7 Å². The van der Waals surface area contributed by atoms with Gasteiger partial charge in [0, 0.05) is 12.0 Å². The first kappa shape index (κ1) is 10.9. The number of nitrogen functional groups attached to an aromatic ring is 1. The van der Waals surface area contributed by atoms with Crippen LogP contribution >= 0.6 is 0 Å². The van der Waals surface area contributed by atoms with Crippen molar-refractivity contribution in [1.82, 2.24) is 9.97 Å². The molecule has 0 radical (unpaired) electrons. The number of ether oxygens (including phenoxy) is 1. The zero-order valence-corrected chi connectivity index (χ0v) is 9.31. The van der Waals surface area contributed by atoms with Crippen LogP contribution in [-0.4, -0.2) is 16.6 Å². The van der Waals surface area contributed by atoms with E-state index < -0.39 is 0 Å².